The molecule has 19 heavy (non-hydrogen) atoms. The van der Waals surface area contributed by atoms with Gasteiger partial charge in [0.1, 0.15) is 0 Å². The highest BCUT2D eigenvalue weighted by atomic mass is 16.5. The number of carboxylic acid groups (broad SMARTS) is 1. The van der Waals surface area contributed by atoms with Crippen LogP contribution in [-0.4, -0.2) is 29.2 Å². The number of hydrogen-bond donors (Lipinski definition) is 1. The van der Waals surface area contributed by atoms with Crippen LogP contribution in [0.1, 0.15) is 24.1 Å². The molecule has 0 spiro atoms. The number of carbonyl (C=O) groups is 2. The summed E-state index contributed by atoms with van der Waals surface area (Å²) in [5.41, 5.74) is 1.73. The lowest BCUT2D eigenvalue weighted by molar-refractivity contribution is -0.143. The predicted octanol–water partition coefficient (Wildman–Crippen LogP) is 2.50. The Morgan fingerprint density at radius 2 is 2.05 bits per heavy atom. The molecular formula is C14H15NO4. The van der Waals surface area contributed by atoms with E-state index in [9.17, 15) is 14.7 Å². The second kappa shape index (κ2) is 5.14. The Kier molecular flexibility index (Phi) is 3.55. The lowest BCUT2D eigenvalue weighted by atomic mass is 9.88. The van der Waals surface area contributed by atoms with Crippen LogP contribution >= 0.6 is 0 Å². The largest absolute Gasteiger partial charge is 0.481 e. The average molecular weight is 261 g/mol. The molecular weight excluding hydrogens is 246 g/mol. The van der Waals surface area contributed by atoms with E-state index in [1.165, 1.54) is 12.0 Å². The SMILES string of the molecule is COC(=O)N1C=Cc2ccccc2C1C(C)C(=O)O. The van der Waals surface area contributed by atoms with Crippen LogP contribution in [-0.2, 0) is 9.53 Å². The van der Waals surface area contributed by atoms with E-state index in [1.54, 1.807) is 19.2 Å². The number of ether oxygens (including phenoxy) is 1. The van der Waals surface area contributed by atoms with Crippen LogP contribution in [0.3, 0.4) is 0 Å². The standard InChI is InChI=1S/C14H15NO4/c1-9(13(16)17)12-11-6-4-3-5-10(11)7-8-15(12)14(18)19-2/h3-9,12H,1-2H3,(H,16,17). The summed E-state index contributed by atoms with van der Waals surface area (Å²) in [6.45, 7) is 1.58. The fourth-order valence-corrected chi connectivity index (χ4v) is 2.26. The van der Waals surface area contributed by atoms with Crippen LogP contribution in [0, 0.1) is 5.92 Å². The highest BCUT2D eigenvalue weighted by Crippen LogP contribution is 2.36. The van der Waals surface area contributed by atoms with Crippen molar-refractivity contribution in [1.29, 1.82) is 0 Å². The third kappa shape index (κ3) is 2.31. The number of amides is 1. The average Bonchev–Trinajstić information content (AvgIpc) is 2.44. The summed E-state index contributed by atoms with van der Waals surface area (Å²) < 4.78 is 4.71. The van der Waals surface area contributed by atoms with E-state index < -0.39 is 24.0 Å². The third-order valence-electron chi connectivity index (χ3n) is 3.28. The Hall–Kier alpha value is -2.30. The van der Waals surface area contributed by atoms with E-state index in [-0.39, 0.29) is 0 Å². The Morgan fingerprint density at radius 1 is 1.37 bits per heavy atom. The third-order valence-corrected chi connectivity index (χ3v) is 3.28. The zero-order chi connectivity index (χ0) is 14.0. The van der Waals surface area contributed by atoms with Crippen molar-refractivity contribution in [2.24, 2.45) is 5.92 Å². The lowest BCUT2D eigenvalue weighted by Gasteiger charge is -2.34. The number of hydrogen-bond acceptors (Lipinski definition) is 3. The number of aliphatic carboxylic acids is 1. The number of benzene rings is 1. The summed E-state index contributed by atoms with van der Waals surface area (Å²) in [7, 11) is 1.28. The van der Waals surface area contributed by atoms with Gasteiger partial charge < -0.3 is 9.84 Å². The minimum Gasteiger partial charge on any atom is -0.481 e. The van der Waals surface area contributed by atoms with Gasteiger partial charge in [-0.25, -0.2) is 4.79 Å². The molecule has 0 bridgehead atoms. The monoisotopic (exact) mass is 261 g/mol. The van der Waals surface area contributed by atoms with Crippen molar-refractivity contribution in [3.63, 3.8) is 0 Å². The first-order valence-corrected chi connectivity index (χ1v) is 5.92. The molecule has 0 aliphatic carbocycles. The highest BCUT2D eigenvalue weighted by molar-refractivity contribution is 5.77. The summed E-state index contributed by atoms with van der Waals surface area (Å²) >= 11 is 0. The van der Waals surface area contributed by atoms with E-state index in [1.807, 2.05) is 24.3 Å². The summed E-state index contributed by atoms with van der Waals surface area (Å²) in [4.78, 5) is 24.4. The van der Waals surface area contributed by atoms with E-state index in [0.29, 0.717) is 0 Å². The maximum absolute atomic E-state index is 11.8. The molecule has 5 nitrogen and oxygen atoms in total. The first-order chi connectivity index (χ1) is 9.06. The molecule has 1 amide bonds. The molecule has 0 radical (unpaired) electrons. The van der Waals surface area contributed by atoms with E-state index in [4.69, 9.17) is 4.74 Å². The van der Waals surface area contributed by atoms with Crippen molar-refractivity contribution in [3.05, 3.63) is 41.6 Å². The van der Waals surface area contributed by atoms with Gasteiger partial charge in [0.25, 0.3) is 0 Å². The van der Waals surface area contributed by atoms with Gasteiger partial charge >= 0.3 is 12.1 Å². The van der Waals surface area contributed by atoms with Crippen molar-refractivity contribution >= 4 is 18.1 Å². The van der Waals surface area contributed by atoms with Gasteiger partial charge in [-0.3, -0.25) is 9.69 Å². The molecule has 0 fully saturated rings. The van der Waals surface area contributed by atoms with Crippen LogP contribution in [0.15, 0.2) is 30.5 Å². The maximum atomic E-state index is 11.8. The molecule has 1 aliphatic rings. The van der Waals surface area contributed by atoms with Crippen molar-refractivity contribution in [1.82, 2.24) is 4.90 Å². The fourth-order valence-electron chi connectivity index (χ4n) is 2.26. The van der Waals surface area contributed by atoms with Crippen LogP contribution in [0.2, 0.25) is 0 Å². The van der Waals surface area contributed by atoms with Gasteiger partial charge in [0, 0.05) is 6.20 Å². The van der Waals surface area contributed by atoms with Gasteiger partial charge in [-0.2, -0.15) is 0 Å². The summed E-state index contributed by atoms with van der Waals surface area (Å²) in [6, 6.07) is 6.86. The Labute approximate surface area is 111 Å². The minimum absolute atomic E-state index is 0.564. The van der Waals surface area contributed by atoms with Crippen molar-refractivity contribution in [2.75, 3.05) is 7.11 Å². The maximum Gasteiger partial charge on any atom is 0.414 e. The Bertz CT molecular complexity index is 538. The van der Waals surface area contributed by atoms with E-state index in [0.717, 1.165) is 11.1 Å². The van der Waals surface area contributed by atoms with Crippen LogP contribution in [0.5, 0.6) is 0 Å². The molecule has 2 atom stereocenters. The number of fused-ring (bicyclic) bond motifs is 1. The number of rotatable bonds is 2. The van der Waals surface area contributed by atoms with Gasteiger partial charge in [0.2, 0.25) is 0 Å². The van der Waals surface area contributed by atoms with Gasteiger partial charge in [-0.1, -0.05) is 24.3 Å². The fraction of sp³-hybridized carbons (Fsp3) is 0.286. The molecule has 1 heterocycles. The molecule has 1 aromatic carbocycles. The second-order valence-electron chi connectivity index (χ2n) is 4.39. The number of carbonyl (C=O) groups excluding carboxylic acids is 1. The van der Waals surface area contributed by atoms with Gasteiger partial charge in [0.15, 0.2) is 0 Å². The van der Waals surface area contributed by atoms with Crippen molar-refractivity contribution in [2.45, 2.75) is 13.0 Å². The molecule has 2 rings (SSSR count). The van der Waals surface area contributed by atoms with Gasteiger partial charge in [0.05, 0.1) is 19.1 Å². The molecule has 5 heteroatoms. The van der Waals surface area contributed by atoms with Crippen LogP contribution < -0.4 is 0 Å². The topological polar surface area (TPSA) is 66.8 Å². The number of methoxy groups -OCH3 is 1. The minimum atomic E-state index is -0.955. The Balaban J connectivity index is 2.49. The normalized spacial score (nSPS) is 18.6. The molecule has 100 valence electrons. The summed E-state index contributed by atoms with van der Waals surface area (Å²) in [6.07, 6.45) is 2.78. The molecule has 0 saturated carbocycles. The zero-order valence-electron chi connectivity index (χ0n) is 10.7. The van der Waals surface area contributed by atoms with Crippen molar-refractivity contribution in [3.8, 4) is 0 Å². The Morgan fingerprint density at radius 3 is 2.68 bits per heavy atom. The van der Waals surface area contributed by atoms with Crippen molar-refractivity contribution < 1.29 is 19.4 Å². The van der Waals surface area contributed by atoms with Crippen LogP contribution in [0.25, 0.3) is 6.08 Å². The molecule has 1 aromatic rings. The smallest absolute Gasteiger partial charge is 0.414 e. The highest BCUT2D eigenvalue weighted by Gasteiger charge is 2.36. The first kappa shape index (κ1) is 13.1. The first-order valence-electron chi connectivity index (χ1n) is 5.92. The number of carboxylic acids is 1. The summed E-state index contributed by atoms with van der Waals surface area (Å²) in [5, 5.41) is 9.23. The molecule has 1 N–H and O–H groups in total. The van der Waals surface area contributed by atoms with Gasteiger partial charge in [-0.05, 0) is 24.1 Å². The zero-order valence-corrected chi connectivity index (χ0v) is 10.7. The second-order valence-corrected chi connectivity index (χ2v) is 4.39. The quantitative estimate of drug-likeness (QED) is 0.888. The lowest BCUT2D eigenvalue weighted by Crippen LogP contribution is -2.38. The van der Waals surface area contributed by atoms with Gasteiger partial charge in [-0.15, -0.1) is 0 Å². The molecule has 0 saturated heterocycles. The predicted molar refractivity (Wildman–Crippen MR) is 69.3 cm³/mol. The van der Waals surface area contributed by atoms with E-state index in [2.05, 4.69) is 0 Å². The molecule has 0 aromatic heterocycles. The summed E-state index contributed by atoms with van der Waals surface area (Å²) in [5.74, 6) is -1.69. The van der Waals surface area contributed by atoms with Crippen LogP contribution in [0.4, 0.5) is 4.79 Å². The van der Waals surface area contributed by atoms with E-state index >= 15 is 0 Å². The molecule has 1 aliphatic heterocycles. The molecule has 2 unspecified atom stereocenters. The number of nitrogens with zero attached hydrogens (tertiary/aromatic N) is 1.